The fraction of sp³-hybridized carbons (Fsp3) is 0.571. The molecule has 1 atom stereocenters. The molecule has 0 aliphatic heterocycles. The van der Waals surface area contributed by atoms with Crippen LogP contribution in [-0.4, -0.2) is 0 Å². The van der Waals surface area contributed by atoms with Gasteiger partial charge in [-0.2, -0.15) is 0 Å². The minimum absolute atomic E-state index is 0.0629. The molecule has 0 heterocycles. The summed E-state index contributed by atoms with van der Waals surface area (Å²) in [6.07, 6.45) is 5.29. The van der Waals surface area contributed by atoms with Gasteiger partial charge in [-0.15, -0.1) is 0 Å². The Morgan fingerprint density at radius 2 is 1.88 bits per heavy atom. The standard InChI is InChI=1S/C14H18BrF/c1-9-6-12(7-10(2)14(9)16)13(15)8-11-4-3-5-11/h6-7,11,13H,3-5,8H2,1-2H3. The van der Waals surface area contributed by atoms with Gasteiger partial charge in [0.05, 0.1) is 0 Å². The highest BCUT2D eigenvalue weighted by Crippen LogP contribution is 2.39. The number of halogens is 2. The van der Waals surface area contributed by atoms with Crippen molar-refractivity contribution in [3.8, 4) is 0 Å². The highest BCUT2D eigenvalue weighted by molar-refractivity contribution is 9.09. The van der Waals surface area contributed by atoms with Gasteiger partial charge >= 0.3 is 0 Å². The Morgan fingerprint density at radius 1 is 1.31 bits per heavy atom. The van der Waals surface area contributed by atoms with Crippen LogP contribution in [0.4, 0.5) is 4.39 Å². The minimum Gasteiger partial charge on any atom is -0.206 e. The zero-order valence-electron chi connectivity index (χ0n) is 9.89. The average molecular weight is 285 g/mol. The van der Waals surface area contributed by atoms with E-state index in [1.165, 1.54) is 31.2 Å². The van der Waals surface area contributed by atoms with Gasteiger partial charge < -0.3 is 0 Å². The van der Waals surface area contributed by atoms with Crippen LogP contribution in [0.1, 0.15) is 47.2 Å². The van der Waals surface area contributed by atoms with Crippen LogP contribution in [0.15, 0.2) is 12.1 Å². The van der Waals surface area contributed by atoms with Crippen molar-refractivity contribution < 1.29 is 4.39 Å². The van der Waals surface area contributed by atoms with Gasteiger partial charge in [-0.1, -0.05) is 47.3 Å². The second-order valence-electron chi connectivity index (χ2n) is 4.97. The fourth-order valence-electron chi connectivity index (χ4n) is 2.32. The third-order valence-corrected chi connectivity index (χ3v) is 4.49. The van der Waals surface area contributed by atoms with E-state index in [2.05, 4.69) is 15.9 Å². The summed E-state index contributed by atoms with van der Waals surface area (Å²) in [5.74, 6) is 0.808. The van der Waals surface area contributed by atoms with Gasteiger partial charge in [0, 0.05) is 4.83 Å². The van der Waals surface area contributed by atoms with E-state index in [0.717, 1.165) is 17.0 Å². The second-order valence-corrected chi connectivity index (χ2v) is 6.07. The first kappa shape index (κ1) is 12.1. The number of alkyl halides is 1. The van der Waals surface area contributed by atoms with E-state index in [-0.39, 0.29) is 5.82 Å². The molecule has 2 heteroatoms. The van der Waals surface area contributed by atoms with Crippen LogP contribution in [0, 0.1) is 25.6 Å². The summed E-state index contributed by atoms with van der Waals surface area (Å²) < 4.78 is 13.5. The van der Waals surface area contributed by atoms with E-state index in [1.807, 2.05) is 26.0 Å². The molecular weight excluding hydrogens is 267 g/mol. The molecule has 1 aliphatic rings. The summed E-state index contributed by atoms with van der Waals surface area (Å²) in [4.78, 5) is 0.385. The zero-order valence-corrected chi connectivity index (χ0v) is 11.5. The van der Waals surface area contributed by atoms with Crippen molar-refractivity contribution in [1.82, 2.24) is 0 Å². The number of benzene rings is 1. The van der Waals surface area contributed by atoms with Gasteiger partial charge in [-0.25, -0.2) is 4.39 Å². The highest BCUT2D eigenvalue weighted by atomic mass is 79.9. The molecule has 0 nitrogen and oxygen atoms in total. The molecule has 0 radical (unpaired) electrons. The van der Waals surface area contributed by atoms with Crippen LogP contribution in [0.2, 0.25) is 0 Å². The second kappa shape index (κ2) is 4.87. The highest BCUT2D eigenvalue weighted by Gasteiger charge is 2.22. The van der Waals surface area contributed by atoms with Crippen LogP contribution >= 0.6 is 15.9 Å². The van der Waals surface area contributed by atoms with Gasteiger partial charge in [0.15, 0.2) is 0 Å². The van der Waals surface area contributed by atoms with Crippen molar-refractivity contribution in [3.63, 3.8) is 0 Å². The Bertz CT molecular complexity index is 359. The van der Waals surface area contributed by atoms with Crippen molar-refractivity contribution in [3.05, 3.63) is 34.6 Å². The summed E-state index contributed by atoms with van der Waals surface area (Å²) >= 11 is 3.73. The molecule has 0 amide bonds. The predicted octanol–water partition coefficient (Wildman–Crippen LogP) is 5.07. The first-order valence-corrected chi connectivity index (χ1v) is 6.90. The van der Waals surface area contributed by atoms with E-state index in [4.69, 9.17) is 0 Å². The molecule has 88 valence electrons. The van der Waals surface area contributed by atoms with E-state index >= 15 is 0 Å². The van der Waals surface area contributed by atoms with E-state index in [9.17, 15) is 4.39 Å². The molecule has 0 N–H and O–H groups in total. The summed E-state index contributed by atoms with van der Waals surface area (Å²) in [5.41, 5.74) is 2.74. The molecule has 16 heavy (non-hydrogen) atoms. The first-order chi connectivity index (χ1) is 7.58. The first-order valence-electron chi connectivity index (χ1n) is 5.98. The largest absolute Gasteiger partial charge is 0.206 e. The summed E-state index contributed by atoms with van der Waals surface area (Å²) in [5, 5.41) is 0. The summed E-state index contributed by atoms with van der Waals surface area (Å²) in [7, 11) is 0. The molecule has 0 bridgehead atoms. The number of hydrogen-bond donors (Lipinski definition) is 0. The maximum Gasteiger partial charge on any atom is 0.129 e. The molecule has 0 saturated heterocycles. The molecule has 1 aromatic carbocycles. The average Bonchev–Trinajstić information content (AvgIpc) is 2.19. The monoisotopic (exact) mass is 284 g/mol. The molecule has 1 unspecified atom stereocenters. The van der Waals surface area contributed by atoms with Crippen molar-refractivity contribution in [2.24, 2.45) is 5.92 Å². The Hall–Kier alpha value is -0.370. The molecule has 0 aromatic heterocycles. The normalized spacial score (nSPS) is 18.2. The van der Waals surface area contributed by atoms with Crippen molar-refractivity contribution in [2.45, 2.75) is 44.4 Å². The van der Waals surface area contributed by atoms with Gasteiger partial charge in [0.25, 0.3) is 0 Å². The number of rotatable bonds is 3. The fourth-order valence-corrected chi connectivity index (χ4v) is 3.11. The van der Waals surface area contributed by atoms with Gasteiger partial charge in [-0.3, -0.25) is 0 Å². The number of hydrogen-bond acceptors (Lipinski definition) is 0. The van der Waals surface area contributed by atoms with Crippen LogP contribution in [-0.2, 0) is 0 Å². The lowest BCUT2D eigenvalue weighted by Gasteiger charge is -2.27. The Balaban J connectivity index is 2.12. The molecule has 2 rings (SSSR count). The van der Waals surface area contributed by atoms with Crippen LogP contribution in [0.25, 0.3) is 0 Å². The third-order valence-electron chi connectivity index (χ3n) is 3.59. The lowest BCUT2D eigenvalue weighted by molar-refractivity contribution is 0.295. The molecule has 1 saturated carbocycles. The lowest BCUT2D eigenvalue weighted by Crippen LogP contribution is -2.13. The van der Waals surface area contributed by atoms with Crippen LogP contribution in [0.3, 0.4) is 0 Å². The van der Waals surface area contributed by atoms with Gasteiger partial charge in [-0.05, 0) is 42.9 Å². The lowest BCUT2D eigenvalue weighted by atomic mass is 9.81. The smallest absolute Gasteiger partial charge is 0.129 e. The molecule has 1 fully saturated rings. The topological polar surface area (TPSA) is 0 Å². The van der Waals surface area contributed by atoms with E-state index in [0.29, 0.717) is 4.83 Å². The van der Waals surface area contributed by atoms with Gasteiger partial charge in [0.1, 0.15) is 5.82 Å². The minimum atomic E-state index is -0.0629. The molecule has 0 spiro atoms. The van der Waals surface area contributed by atoms with E-state index in [1.54, 1.807) is 0 Å². The van der Waals surface area contributed by atoms with Crippen LogP contribution < -0.4 is 0 Å². The zero-order chi connectivity index (χ0) is 11.7. The van der Waals surface area contributed by atoms with Crippen molar-refractivity contribution in [1.29, 1.82) is 0 Å². The number of aryl methyl sites for hydroxylation is 2. The molecule has 1 aliphatic carbocycles. The van der Waals surface area contributed by atoms with Crippen LogP contribution in [0.5, 0.6) is 0 Å². The maximum absolute atomic E-state index is 13.5. The third kappa shape index (κ3) is 2.48. The Labute approximate surface area is 105 Å². The Kier molecular flexibility index (Phi) is 3.68. The SMILES string of the molecule is Cc1cc(C(Br)CC2CCC2)cc(C)c1F. The quantitative estimate of drug-likeness (QED) is 0.680. The van der Waals surface area contributed by atoms with Crippen molar-refractivity contribution in [2.75, 3.05) is 0 Å². The molecule has 1 aromatic rings. The summed E-state index contributed by atoms with van der Waals surface area (Å²) in [6, 6.07) is 3.95. The predicted molar refractivity (Wildman–Crippen MR) is 69.5 cm³/mol. The van der Waals surface area contributed by atoms with Gasteiger partial charge in [0.2, 0.25) is 0 Å². The van der Waals surface area contributed by atoms with Crippen molar-refractivity contribution >= 4 is 15.9 Å². The van der Waals surface area contributed by atoms with E-state index < -0.39 is 0 Å². The summed E-state index contributed by atoms with van der Waals surface area (Å²) in [6.45, 7) is 3.68. The maximum atomic E-state index is 13.5. The Morgan fingerprint density at radius 3 is 2.31 bits per heavy atom. The molecular formula is C14H18BrF.